The molecule has 2 aromatic rings. The number of carbonyl (C=O) groups is 1. The number of amides is 1. The third-order valence-electron chi connectivity index (χ3n) is 2.52. The van der Waals surface area contributed by atoms with Gasteiger partial charge in [0, 0.05) is 30.2 Å². The summed E-state index contributed by atoms with van der Waals surface area (Å²) in [6.07, 6.45) is 3.20. The molecule has 0 aliphatic carbocycles. The van der Waals surface area contributed by atoms with Gasteiger partial charge in [-0.15, -0.1) is 0 Å². The number of nitro groups is 1. The van der Waals surface area contributed by atoms with Crippen molar-refractivity contribution in [3.05, 3.63) is 52.8 Å². The Kier molecular flexibility index (Phi) is 4.83. The molecule has 21 heavy (non-hydrogen) atoms. The van der Waals surface area contributed by atoms with Crippen molar-refractivity contribution >= 4 is 29.0 Å². The number of aromatic nitrogens is 2. The Labute approximate surface area is 125 Å². The van der Waals surface area contributed by atoms with Crippen LogP contribution in [0.5, 0.6) is 0 Å². The van der Waals surface area contributed by atoms with E-state index in [-0.39, 0.29) is 11.6 Å². The predicted molar refractivity (Wildman–Crippen MR) is 79.1 cm³/mol. The van der Waals surface area contributed by atoms with Crippen molar-refractivity contribution < 1.29 is 9.72 Å². The molecule has 1 aromatic carbocycles. The molecule has 1 unspecified atom stereocenters. The highest BCUT2D eigenvalue weighted by Crippen LogP contribution is 2.21. The SMILES string of the molecule is CC(Sc1ncccn1)C(=O)Nc1cccc([N+](=O)[O-])c1. The number of thioether (sulfide) groups is 1. The van der Waals surface area contributed by atoms with Gasteiger partial charge in [-0.2, -0.15) is 0 Å². The quantitative estimate of drug-likeness (QED) is 0.394. The minimum Gasteiger partial charge on any atom is -0.325 e. The van der Waals surface area contributed by atoms with E-state index in [1.807, 2.05) is 0 Å². The Morgan fingerprint density at radius 3 is 2.71 bits per heavy atom. The molecule has 0 saturated heterocycles. The fourth-order valence-corrected chi connectivity index (χ4v) is 2.22. The molecule has 0 bridgehead atoms. The van der Waals surface area contributed by atoms with Gasteiger partial charge < -0.3 is 5.32 Å². The molecular formula is C13H12N4O3S. The van der Waals surface area contributed by atoms with Crippen molar-refractivity contribution in [3.63, 3.8) is 0 Å². The summed E-state index contributed by atoms with van der Waals surface area (Å²) >= 11 is 1.21. The van der Waals surface area contributed by atoms with Gasteiger partial charge in [0.15, 0.2) is 5.16 Å². The van der Waals surface area contributed by atoms with Crippen LogP contribution in [0.15, 0.2) is 47.9 Å². The summed E-state index contributed by atoms with van der Waals surface area (Å²) in [5.74, 6) is -0.270. The molecule has 0 aliphatic heterocycles. The van der Waals surface area contributed by atoms with E-state index in [1.54, 1.807) is 31.5 Å². The summed E-state index contributed by atoms with van der Waals surface area (Å²) in [6.45, 7) is 1.72. The second-order valence-corrected chi connectivity index (χ2v) is 5.40. The van der Waals surface area contributed by atoms with Crippen LogP contribution in [-0.4, -0.2) is 26.0 Å². The van der Waals surface area contributed by atoms with Crippen molar-refractivity contribution in [2.24, 2.45) is 0 Å². The number of benzene rings is 1. The van der Waals surface area contributed by atoms with Crippen molar-refractivity contribution in [2.45, 2.75) is 17.3 Å². The Balaban J connectivity index is 2.00. The van der Waals surface area contributed by atoms with Gasteiger partial charge in [0.05, 0.1) is 10.2 Å². The van der Waals surface area contributed by atoms with Crippen LogP contribution >= 0.6 is 11.8 Å². The molecule has 2 rings (SSSR count). The molecule has 1 amide bonds. The zero-order valence-electron chi connectivity index (χ0n) is 11.1. The molecule has 7 nitrogen and oxygen atoms in total. The number of hydrogen-bond donors (Lipinski definition) is 1. The van der Waals surface area contributed by atoms with Gasteiger partial charge in [-0.1, -0.05) is 17.8 Å². The zero-order chi connectivity index (χ0) is 15.2. The van der Waals surface area contributed by atoms with E-state index in [2.05, 4.69) is 15.3 Å². The monoisotopic (exact) mass is 304 g/mol. The molecule has 108 valence electrons. The minimum atomic E-state index is -0.508. The van der Waals surface area contributed by atoms with Crippen molar-refractivity contribution in [1.82, 2.24) is 9.97 Å². The Morgan fingerprint density at radius 2 is 2.05 bits per heavy atom. The molecule has 1 aromatic heterocycles. The van der Waals surface area contributed by atoms with Gasteiger partial charge in [0.25, 0.3) is 5.69 Å². The number of rotatable bonds is 5. The van der Waals surface area contributed by atoms with Crippen LogP contribution in [0, 0.1) is 10.1 Å². The highest BCUT2D eigenvalue weighted by Gasteiger charge is 2.16. The lowest BCUT2D eigenvalue weighted by molar-refractivity contribution is -0.384. The number of nitrogens with zero attached hydrogens (tertiary/aromatic N) is 3. The normalized spacial score (nSPS) is 11.7. The topological polar surface area (TPSA) is 98.0 Å². The highest BCUT2D eigenvalue weighted by atomic mass is 32.2. The van der Waals surface area contributed by atoms with E-state index in [0.29, 0.717) is 10.8 Å². The average Bonchev–Trinajstić information content (AvgIpc) is 2.48. The van der Waals surface area contributed by atoms with Gasteiger partial charge in [0.1, 0.15) is 0 Å². The van der Waals surface area contributed by atoms with Gasteiger partial charge in [-0.25, -0.2) is 9.97 Å². The number of non-ortho nitro benzene ring substituents is 1. The largest absolute Gasteiger partial charge is 0.325 e. The average molecular weight is 304 g/mol. The number of nitro benzene ring substituents is 1. The summed E-state index contributed by atoms with van der Waals surface area (Å²) in [4.78, 5) is 30.3. The Bertz CT molecular complexity index is 651. The van der Waals surface area contributed by atoms with Crippen LogP contribution in [0.4, 0.5) is 11.4 Å². The first-order valence-corrected chi connectivity index (χ1v) is 6.93. The first-order valence-electron chi connectivity index (χ1n) is 6.05. The molecule has 0 fully saturated rings. The lowest BCUT2D eigenvalue weighted by Gasteiger charge is -2.10. The van der Waals surface area contributed by atoms with Crippen LogP contribution in [0.2, 0.25) is 0 Å². The van der Waals surface area contributed by atoms with Crippen LogP contribution < -0.4 is 5.32 Å². The van der Waals surface area contributed by atoms with E-state index >= 15 is 0 Å². The van der Waals surface area contributed by atoms with Crippen LogP contribution in [0.25, 0.3) is 0 Å². The second-order valence-electron chi connectivity index (χ2n) is 4.09. The molecule has 0 spiro atoms. The van der Waals surface area contributed by atoms with Gasteiger partial charge in [0.2, 0.25) is 5.91 Å². The summed E-state index contributed by atoms with van der Waals surface area (Å²) in [5, 5.41) is 13.4. The van der Waals surface area contributed by atoms with Crippen LogP contribution in [0.1, 0.15) is 6.92 Å². The maximum absolute atomic E-state index is 12.0. The lowest BCUT2D eigenvalue weighted by atomic mass is 10.2. The Hall–Kier alpha value is -2.48. The van der Waals surface area contributed by atoms with Gasteiger partial charge >= 0.3 is 0 Å². The third kappa shape index (κ3) is 4.25. The molecule has 1 heterocycles. The number of carbonyl (C=O) groups excluding carboxylic acids is 1. The van der Waals surface area contributed by atoms with E-state index < -0.39 is 10.2 Å². The first kappa shape index (κ1) is 14.9. The number of nitrogens with one attached hydrogen (secondary N) is 1. The minimum absolute atomic E-state index is 0.0699. The smallest absolute Gasteiger partial charge is 0.271 e. The lowest BCUT2D eigenvalue weighted by Crippen LogP contribution is -2.22. The summed E-state index contributed by atoms with van der Waals surface area (Å²) in [5.41, 5.74) is 0.315. The number of hydrogen-bond acceptors (Lipinski definition) is 6. The third-order valence-corrected chi connectivity index (χ3v) is 3.51. The van der Waals surface area contributed by atoms with Crippen LogP contribution in [0.3, 0.4) is 0 Å². The first-order chi connectivity index (χ1) is 10.1. The maximum Gasteiger partial charge on any atom is 0.271 e. The molecule has 0 aliphatic rings. The summed E-state index contributed by atoms with van der Waals surface area (Å²) < 4.78 is 0. The van der Waals surface area contributed by atoms with E-state index in [4.69, 9.17) is 0 Å². The molecule has 1 N–H and O–H groups in total. The Morgan fingerprint density at radius 1 is 1.33 bits per heavy atom. The molecule has 0 saturated carbocycles. The second kappa shape index (κ2) is 6.80. The number of anilines is 1. The fraction of sp³-hybridized carbons (Fsp3) is 0.154. The summed E-state index contributed by atoms with van der Waals surface area (Å²) in [6, 6.07) is 7.49. The van der Waals surface area contributed by atoms with Crippen molar-refractivity contribution in [1.29, 1.82) is 0 Å². The van der Waals surface area contributed by atoms with Gasteiger partial charge in [-0.05, 0) is 19.1 Å². The van der Waals surface area contributed by atoms with E-state index in [0.717, 1.165) is 0 Å². The fourth-order valence-electron chi connectivity index (χ4n) is 1.50. The highest BCUT2D eigenvalue weighted by molar-refractivity contribution is 8.00. The van der Waals surface area contributed by atoms with Gasteiger partial charge in [-0.3, -0.25) is 14.9 Å². The maximum atomic E-state index is 12.0. The standard InChI is InChI=1S/C13H12N4O3S/c1-9(21-13-14-6-3-7-15-13)12(18)16-10-4-2-5-11(8-10)17(19)20/h2-9H,1H3,(H,16,18). The predicted octanol–water partition coefficient (Wildman–Crippen LogP) is 2.50. The molecular weight excluding hydrogens is 292 g/mol. The molecule has 0 radical (unpaired) electrons. The zero-order valence-corrected chi connectivity index (χ0v) is 11.9. The van der Waals surface area contributed by atoms with Crippen LogP contribution in [-0.2, 0) is 4.79 Å². The van der Waals surface area contributed by atoms with Crippen molar-refractivity contribution in [3.8, 4) is 0 Å². The van der Waals surface area contributed by atoms with Crippen molar-refractivity contribution in [2.75, 3.05) is 5.32 Å². The van der Waals surface area contributed by atoms with E-state index in [1.165, 1.54) is 30.0 Å². The van der Waals surface area contributed by atoms with E-state index in [9.17, 15) is 14.9 Å². The molecule has 1 atom stereocenters. The summed E-state index contributed by atoms with van der Waals surface area (Å²) in [7, 11) is 0. The molecule has 8 heteroatoms.